The Morgan fingerprint density at radius 1 is 1.37 bits per heavy atom. The molecule has 2 unspecified atom stereocenters. The molecule has 2 heterocycles. The third-order valence-corrected chi connectivity index (χ3v) is 4.59. The Morgan fingerprint density at radius 2 is 2.16 bits per heavy atom. The summed E-state index contributed by atoms with van der Waals surface area (Å²) in [6.07, 6.45) is 6.68. The number of halogens is 2. The van der Waals surface area contributed by atoms with E-state index in [1.165, 1.54) is 25.3 Å². The minimum absolute atomic E-state index is 0.0894. The summed E-state index contributed by atoms with van der Waals surface area (Å²) >= 11 is 5.93. The van der Waals surface area contributed by atoms with Crippen LogP contribution >= 0.6 is 11.6 Å². The molecule has 5 heteroatoms. The molecule has 2 atom stereocenters. The fraction of sp³-hybridized carbons (Fsp3) is 0.571. The lowest BCUT2D eigenvalue weighted by Gasteiger charge is -2.37. The zero-order valence-electron chi connectivity index (χ0n) is 10.6. The Kier molecular flexibility index (Phi) is 3.44. The van der Waals surface area contributed by atoms with Gasteiger partial charge in [0.15, 0.2) is 0 Å². The van der Waals surface area contributed by atoms with Crippen molar-refractivity contribution in [3.05, 3.63) is 28.8 Å². The number of hydrogen-bond donors (Lipinski definition) is 0. The molecule has 0 spiro atoms. The molecule has 0 radical (unpaired) electrons. The van der Waals surface area contributed by atoms with E-state index in [1.807, 2.05) is 4.90 Å². The highest BCUT2D eigenvalue weighted by Gasteiger charge is 2.38. The molecule has 1 aromatic heterocycles. The van der Waals surface area contributed by atoms with Gasteiger partial charge in [-0.3, -0.25) is 4.79 Å². The SMILES string of the molecule is O=C(c1cc(F)cnc1Cl)N1CCCC2CCCC21. The van der Waals surface area contributed by atoms with Gasteiger partial charge in [-0.1, -0.05) is 18.0 Å². The Balaban J connectivity index is 1.88. The van der Waals surface area contributed by atoms with Crippen LogP contribution in [0.25, 0.3) is 0 Å². The molecular weight excluding hydrogens is 267 g/mol. The predicted molar refractivity (Wildman–Crippen MR) is 70.6 cm³/mol. The van der Waals surface area contributed by atoms with Crippen LogP contribution in [0.1, 0.15) is 42.5 Å². The van der Waals surface area contributed by atoms with Gasteiger partial charge < -0.3 is 4.90 Å². The van der Waals surface area contributed by atoms with Crippen molar-refractivity contribution in [3.63, 3.8) is 0 Å². The zero-order valence-corrected chi connectivity index (χ0v) is 11.4. The van der Waals surface area contributed by atoms with Gasteiger partial charge in [0.05, 0.1) is 11.8 Å². The van der Waals surface area contributed by atoms with Crippen molar-refractivity contribution in [1.29, 1.82) is 0 Å². The standard InChI is InChI=1S/C14H16ClFN2O/c15-13-11(7-10(16)8-17-13)14(19)18-6-2-4-9-3-1-5-12(9)18/h7-9,12H,1-6H2. The van der Waals surface area contributed by atoms with Crippen LogP contribution in [0.3, 0.4) is 0 Å². The van der Waals surface area contributed by atoms with Crippen molar-refractivity contribution in [1.82, 2.24) is 9.88 Å². The first kappa shape index (κ1) is 12.9. The maximum absolute atomic E-state index is 13.3. The van der Waals surface area contributed by atoms with E-state index in [-0.39, 0.29) is 16.6 Å². The first-order chi connectivity index (χ1) is 9.16. The monoisotopic (exact) mass is 282 g/mol. The minimum atomic E-state index is -0.521. The molecule has 102 valence electrons. The summed E-state index contributed by atoms with van der Waals surface area (Å²) in [5.74, 6) is -0.0840. The average Bonchev–Trinajstić information content (AvgIpc) is 2.89. The molecule has 0 N–H and O–H groups in total. The number of rotatable bonds is 1. The molecule has 1 aliphatic carbocycles. The van der Waals surface area contributed by atoms with Gasteiger partial charge in [0.2, 0.25) is 0 Å². The Hall–Kier alpha value is -1.16. The molecule has 2 fully saturated rings. The van der Waals surface area contributed by atoms with Crippen LogP contribution in [0.5, 0.6) is 0 Å². The highest BCUT2D eigenvalue weighted by Crippen LogP contribution is 2.37. The van der Waals surface area contributed by atoms with Crippen LogP contribution in [0.4, 0.5) is 4.39 Å². The van der Waals surface area contributed by atoms with Crippen molar-refractivity contribution >= 4 is 17.5 Å². The summed E-state index contributed by atoms with van der Waals surface area (Å²) in [5.41, 5.74) is 0.189. The molecule has 1 saturated heterocycles. The van der Waals surface area contributed by atoms with Gasteiger partial charge in [0, 0.05) is 12.6 Å². The molecule has 3 rings (SSSR count). The van der Waals surface area contributed by atoms with Gasteiger partial charge in [0.25, 0.3) is 5.91 Å². The van der Waals surface area contributed by atoms with Crippen molar-refractivity contribution in [2.75, 3.05) is 6.54 Å². The molecule has 1 aromatic rings. The number of aromatic nitrogens is 1. The van der Waals surface area contributed by atoms with Crippen molar-refractivity contribution in [2.45, 2.75) is 38.1 Å². The maximum atomic E-state index is 13.3. The van der Waals surface area contributed by atoms with Gasteiger partial charge in [0.1, 0.15) is 11.0 Å². The van der Waals surface area contributed by atoms with E-state index in [1.54, 1.807) is 0 Å². The third-order valence-electron chi connectivity index (χ3n) is 4.29. The van der Waals surface area contributed by atoms with Crippen molar-refractivity contribution in [3.8, 4) is 0 Å². The second-order valence-electron chi connectivity index (χ2n) is 5.39. The summed E-state index contributed by atoms with van der Waals surface area (Å²) in [6.45, 7) is 0.743. The summed E-state index contributed by atoms with van der Waals surface area (Å²) in [4.78, 5) is 18.2. The molecule has 19 heavy (non-hydrogen) atoms. The molecule has 1 aliphatic heterocycles. The van der Waals surface area contributed by atoms with Crippen molar-refractivity contribution < 1.29 is 9.18 Å². The topological polar surface area (TPSA) is 33.2 Å². The largest absolute Gasteiger partial charge is 0.335 e. The Bertz CT molecular complexity index is 508. The smallest absolute Gasteiger partial charge is 0.257 e. The van der Waals surface area contributed by atoms with Crippen LogP contribution in [0.15, 0.2) is 12.3 Å². The molecular formula is C14H16ClFN2O. The fourth-order valence-corrected chi connectivity index (χ4v) is 3.62. The van der Waals surface area contributed by atoms with Gasteiger partial charge in [-0.05, 0) is 37.7 Å². The number of hydrogen-bond acceptors (Lipinski definition) is 2. The van der Waals surface area contributed by atoms with E-state index < -0.39 is 5.82 Å². The minimum Gasteiger partial charge on any atom is -0.335 e. The number of nitrogens with zero attached hydrogens (tertiary/aromatic N) is 2. The van der Waals surface area contributed by atoms with E-state index >= 15 is 0 Å². The molecule has 0 bridgehead atoms. The molecule has 1 saturated carbocycles. The molecule has 0 aromatic carbocycles. The Morgan fingerprint density at radius 3 is 3.00 bits per heavy atom. The van der Waals surface area contributed by atoms with E-state index in [2.05, 4.69) is 4.98 Å². The number of fused-ring (bicyclic) bond motifs is 1. The first-order valence-corrected chi connectivity index (χ1v) is 7.16. The number of piperidine rings is 1. The number of amides is 1. The second kappa shape index (κ2) is 5.08. The zero-order chi connectivity index (χ0) is 13.4. The Labute approximate surface area is 116 Å². The normalized spacial score (nSPS) is 26.3. The quantitative estimate of drug-likeness (QED) is 0.741. The van der Waals surface area contributed by atoms with E-state index in [9.17, 15) is 9.18 Å². The summed E-state index contributed by atoms with van der Waals surface area (Å²) < 4.78 is 13.3. The summed E-state index contributed by atoms with van der Waals surface area (Å²) in [7, 11) is 0. The molecule has 2 aliphatic rings. The van der Waals surface area contributed by atoms with E-state index in [4.69, 9.17) is 11.6 Å². The first-order valence-electron chi connectivity index (χ1n) is 6.79. The highest BCUT2D eigenvalue weighted by molar-refractivity contribution is 6.32. The van der Waals surface area contributed by atoms with Crippen LogP contribution in [-0.4, -0.2) is 28.4 Å². The number of pyridine rings is 1. The maximum Gasteiger partial charge on any atom is 0.257 e. The third kappa shape index (κ3) is 2.34. The van der Waals surface area contributed by atoms with Crippen LogP contribution in [0, 0.1) is 11.7 Å². The predicted octanol–water partition coefficient (Wildman–Crippen LogP) is 3.28. The van der Waals surface area contributed by atoms with E-state index in [0.717, 1.165) is 25.6 Å². The van der Waals surface area contributed by atoms with Gasteiger partial charge in [-0.25, -0.2) is 9.37 Å². The highest BCUT2D eigenvalue weighted by atomic mass is 35.5. The number of carbonyl (C=O) groups excluding carboxylic acids is 1. The number of carbonyl (C=O) groups is 1. The van der Waals surface area contributed by atoms with Gasteiger partial charge >= 0.3 is 0 Å². The molecule has 3 nitrogen and oxygen atoms in total. The van der Waals surface area contributed by atoms with Gasteiger partial charge in [-0.15, -0.1) is 0 Å². The van der Waals surface area contributed by atoms with E-state index in [0.29, 0.717) is 12.0 Å². The summed E-state index contributed by atoms with van der Waals surface area (Å²) in [5, 5.41) is 0.0894. The van der Waals surface area contributed by atoms with Crippen LogP contribution < -0.4 is 0 Å². The fourth-order valence-electron chi connectivity index (χ4n) is 3.43. The van der Waals surface area contributed by atoms with Crippen LogP contribution in [-0.2, 0) is 0 Å². The van der Waals surface area contributed by atoms with Gasteiger partial charge in [-0.2, -0.15) is 0 Å². The van der Waals surface area contributed by atoms with Crippen LogP contribution in [0.2, 0.25) is 5.15 Å². The molecule has 1 amide bonds. The second-order valence-corrected chi connectivity index (χ2v) is 5.75. The number of likely N-dealkylation sites (tertiary alicyclic amines) is 1. The van der Waals surface area contributed by atoms with Crippen molar-refractivity contribution in [2.24, 2.45) is 5.92 Å². The lowest BCUT2D eigenvalue weighted by atomic mass is 9.91. The lowest BCUT2D eigenvalue weighted by molar-refractivity contribution is 0.0547. The lowest BCUT2D eigenvalue weighted by Crippen LogP contribution is -2.46. The summed E-state index contributed by atoms with van der Waals surface area (Å²) in [6, 6.07) is 1.50. The average molecular weight is 283 g/mol.